The van der Waals surface area contributed by atoms with Crippen LogP contribution in [0, 0.1) is 5.82 Å². The second kappa shape index (κ2) is 11.9. The number of nitrogens with zero attached hydrogens (tertiary/aromatic N) is 2. The van der Waals surface area contributed by atoms with E-state index in [9.17, 15) is 9.18 Å². The van der Waals surface area contributed by atoms with Gasteiger partial charge in [0.05, 0.1) is 18.4 Å². The Morgan fingerprint density at radius 2 is 1.76 bits per heavy atom. The molecular formula is C28H31FN2O3. The Labute approximate surface area is 200 Å². The van der Waals surface area contributed by atoms with E-state index in [4.69, 9.17) is 9.47 Å². The SMILES string of the molecule is CCCOC(=O)c1cccc(CN2CCC(OC(c3ccccc3)c3ccccc3F)CC2)n1. The summed E-state index contributed by atoms with van der Waals surface area (Å²) in [5, 5.41) is 0. The number of likely N-dealkylation sites (tertiary alicyclic amines) is 1. The molecule has 6 heteroatoms. The molecule has 2 heterocycles. The van der Waals surface area contributed by atoms with E-state index in [0.29, 0.717) is 24.4 Å². The molecule has 0 saturated carbocycles. The van der Waals surface area contributed by atoms with Crippen molar-refractivity contribution in [3.05, 3.63) is 101 Å². The molecule has 5 nitrogen and oxygen atoms in total. The van der Waals surface area contributed by atoms with E-state index in [1.165, 1.54) is 6.07 Å². The topological polar surface area (TPSA) is 51.7 Å². The molecule has 0 aliphatic carbocycles. The highest BCUT2D eigenvalue weighted by molar-refractivity contribution is 5.87. The summed E-state index contributed by atoms with van der Waals surface area (Å²) in [5.41, 5.74) is 2.71. The fourth-order valence-corrected chi connectivity index (χ4v) is 4.22. The minimum atomic E-state index is -0.438. The van der Waals surface area contributed by atoms with Gasteiger partial charge in [0, 0.05) is 25.2 Å². The smallest absolute Gasteiger partial charge is 0.356 e. The summed E-state index contributed by atoms with van der Waals surface area (Å²) in [6.07, 6.45) is 2.06. The molecule has 3 aromatic rings. The zero-order valence-corrected chi connectivity index (χ0v) is 19.5. The molecule has 1 saturated heterocycles. The van der Waals surface area contributed by atoms with Crippen molar-refractivity contribution in [2.45, 2.75) is 44.9 Å². The summed E-state index contributed by atoms with van der Waals surface area (Å²) in [6, 6.07) is 22.1. The minimum absolute atomic E-state index is 0.0318. The minimum Gasteiger partial charge on any atom is -0.461 e. The molecule has 1 fully saturated rings. The maximum atomic E-state index is 14.6. The Balaban J connectivity index is 1.37. The van der Waals surface area contributed by atoms with E-state index in [-0.39, 0.29) is 17.9 Å². The van der Waals surface area contributed by atoms with Crippen LogP contribution >= 0.6 is 0 Å². The van der Waals surface area contributed by atoms with Gasteiger partial charge in [-0.25, -0.2) is 14.2 Å². The molecule has 1 aromatic heterocycles. The number of hydrogen-bond acceptors (Lipinski definition) is 5. The van der Waals surface area contributed by atoms with E-state index in [1.807, 2.05) is 55.5 Å². The van der Waals surface area contributed by atoms with Gasteiger partial charge in [0.1, 0.15) is 17.6 Å². The summed E-state index contributed by atoms with van der Waals surface area (Å²) in [4.78, 5) is 18.9. The highest BCUT2D eigenvalue weighted by Gasteiger charge is 2.26. The van der Waals surface area contributed by atoms with Crippen molar-refractivity contribution in [3.63, 3.8) is 0 Å². The first-order chi connectivity index (χ1) is 16.6. The van der Waals surface area contributed by atoms with Crippen molar-refractivity contribution < 1.29 is 18.7 Å². The summed E-state index contributed by atoms with van der Waals surface area (Å²) in [7, 11) is 0. The van der Waals surface area contributed by atoms with Gasteiger partial charge in [0.15, 0.2) is 0 Å². The Hall–Kier alpha value is -3.09. The van der Waals surface area contributed by atoms with Crippen molar-refractivity contribution in [1.29, 1.82) is 0 Å². The molecule has 178 valence electrons. The second-order valence-corrected chi connectivity index (χ2v) is 8.57. The molecule has 2 aromatic carbocycles. The van der Waals surface area contributed by atoms with Crippen LogP contribution in [0.1, 0.15) is 59.6 Å². The van der Waals surface area contributed by atoms with Gasteiger partial charge in [0.25, 0.3) is 0 Å². The summed E-state index contributed by atoms with van der Waals surface area (Å²) in [5.74, 6) is -0.631. The molecule has 4 rings (SSSR count). The zero-order chi connectivity index (χ0) is 23.8. The van der Waals surface area contributed by atoms with E-state index in [2.05, 4.69) is 9.88 Å². The van der Waals surface area contributed by atoms with Gasteiger partial charge >= 0.3 is 5.97 Å². The van der Waals surface area contributed by atoms with Crippen LogP contribution in [0.3, 0.4) is 0 Å². The molecule has 1 unspecified atom stereocenters. The van der Waals surface area contributed by atoms with Gasteiger partial charge in [-0.1, -0.05) is 61.5 Å². The number of hydrogen-bond donors (Lipinski definition) is 0. The predicted octanol–water partition coefficient (Wildman–Crippen LogP) is 5.56. The van der Waals surface area contributed by atoms with Gasteiger partial charge in [-0.2, -0.15) is 0 Å². The molecular weight excluding hydrogens is 431 g/mol. The van der Waals surface area contributed by atoms with E-state index in [0.717, 1.165) is 43.6 Å². The lowest BCUT2D eigenvalue weighted by atomic mass is 9.99. The number of esters is 1. The van der Waals surface area contributed by atoms with Crippen LogP contribution in [-0.2, 0) is 16.0 Å². The quantitative estimate of drug-likeness (QED) is 0.390. The lowest BCUT2D eigenvalue weighted by Crippen LogP contribution is -2.37. The first-order valence-corrected chi connectivity index (χ1v) is 11.9. The van der Waals surface area contributed by atoms with Crippen LogP contribution in [0.25, 0.3) is 0 Å². The van der Waals surface area contributed by atoms with E-state index in [1.54, 1.807) is 18.2 Å². The standard InChI is InChI=1S/C28H31FN2O3/c1-2-19-33-28(32)26-14-8-11-22(30-26)20-31-17-15-23(16-18-31)34-27(21-9-4-3-5-10-21)24-12-6-7-13-25(24)29/h3-14,23,27H,2,15-20H2,1H3. The third-order valence-corrected chi connectivity index (χ3v) is 5.99. The number of ether oxygens (including phenoxy) is 2. The number of rotatable bonds is 9. The molecule has 0 bridgehead atoms. The summed E-state index contributed by atoms with van der Waals surface area (Å²) >= 11 is 0. The molecule has 0 N–H and O–H groups in total. The van der Waals surface area contributed by atoms with Crippen LogP contribution in [0.15, 0.2) is 72.8 Å². The van der Waals surface area contributed by atoms with Gasteiger partial charge in [-0.05, 0) is 43.0 Å². The van der Waals surface area contributed by atoms with Gasteiger partial charge in [-0.3, -0.25) is 4.90 Å². The number of carbonyl (C=O) groups is 1. The Bertz CT molecular complexity index is 1070. The summed E-state index contributed by atoms with van der Waals surface area (Å²) in [6.45, 7) is 4.71. The Morgan fingerprint density at radius 1 is 1.03 bits per heavy atom. The summed E-state index contributed by atoms with van der Waals surface area (Å²) < 4.78 is 26.3. The molecule has 1 aliphatic heterocycles. The highest BCUT2D eigenvalue weighted by Crippen LogP contribution is 2.31. The fraction of sp³-hybridized carbons (Fsp3) is 0.357. The fourth-order valence-electron chi connectivity index (χ4n) is 4.22. The third-order valence-electron chi connectivity index (χ3n) is 5.99. The number of benzene rings is 2. The van der Waals surface area contributed by atoms with Crippen molar-refractivity contribution in [2.75, 3.05) is 19.7 Å². The number of halogens is 1. The number of carbonyl (C=O) groups excluding carboxylic acids is 1. The molecule has 0 spiro atoms. The Kier molecular flexibility index (Phi) is 8.39. The van der Waals surface area contributed by atoms with E-state index < -0.39 is 6.10 Å². The van der Waals surface area contributed by atoms with Crippen LogP contribution in [0.2, 0.25) is 0 Å². The highest BCUT2D eigenvalue weighted by atomic mass is 19.1. The van der Waals surface area contributed by atoms with Crippen molar-refractivity contribution in [1.82, 2.24) is 9.88 Å². The molecule has 34 heavy (non-hydrogen) atoms. The molecule has 1 atom stereocenters. The average molecular weight is 463 g/mol. The Morgan fingerprint density at radius 3 is 2.50 bits per heavy atom. The van der Waals surface area contributed by atoms with Crippen LogP contribution in [-0.4, -0.2) is 41.7 Å². The second-order valence-electron chi connectivity index (χ2n) is 8.57. The number of aromatic nitrogens is 1. The normalized spacial score (nSPS) is 15.7. The average Bonchev–Trinajstić information content (AvgIpc) is 2.88. The first-order valence-electron chi connectivity index (χ1n) is 11.9. The number of piperidine rings is 1. The maximum Gasteiger partial charge on any atom is 0.356 e. The number of pyridine rings is 1. The predicted molar refractivity (Wildman–Crippen MR) is 129 cm³/mol. The monoisotopic (exact) mass is 462 g/mol. The first kappa shape index (κ1) is 24.0. The van der Waals surface area contributed by atoms with Gasteiger partial charge < -0.3 is 9.47 Å². The van der Waals surface area contributed by atoms with Crippen LogP contribution in [0.4, 0.5) is 4.39 Å². The van der Waals surface area contributed by atoms with Crippen molar-refractivity contribution in [2.24, 2.45) is 0 Å². The van der Waals surface area contributed by atoms with Crippen molar-refractivity contribution in [3.8, 4) is 0 Å². The molecule has 1 aliphatic rings. The van der Waals surface area contributed by atoms with Gasteiger partial charge in [0.2, 0.25) is 0 Å². The maximum absolute atomic E-state index is 14.6. The molecule has 0 radical (unpaired) electrons. The van der Waals surface area contributed by atoms with Crippen LogP contribution < -0.4 is 0 Å². The lowest BCUT2D eigenvalue weighted by Gasteiger charge is -2.34. The molecule has 0 amide bonds. The van der Waals surface area contributed by atoms with E-state index >= 15 is 0 Å². The zero-order valence-electron chi connectivity index (χ0n) is 19.5. The third kappa shape index (κ3) is 6.27. The van der Waals surface area contributed by atoms with Gasteiger partial charge in [-0.15, -0.1) is 0 Å². The largest absolute Gasteiger partial charge is 0.461 e. The van der Waals surface area contributed by atoms with Crippen LogP contribution in [0.5, 0.6) is 0 Å². The van der Waals surface area contributed by atoms with Crippen molar-refractivity contribution >= 4 is 5.97 Å². The lowest BCUT2D eigenvalue weighted by molar-refractivity contribution is -0.0294.